The highest BCUT2D eigenvalue weighted by atomic mass is 32.2. The van der Waals surface area contributed by atoms with Crippen LogP contribution >= 0.6 is 23.1 Å². The molecule has 0 N–H and O–H groups in total. The van der Waals surface area contributed by atoms with E-state index in [9.17, 15) is 9.59 Å². The van der Waals surface area contributed by atoms with E-state index in [0.717, 1.165) is 14.9 Å². The van der Waals surface area contributed by atoms with Crippen LogP contribution in [0.1, 0.15) is 17.0 Å². The molecule has 2 aromatic rings. The van der Waals surface area contributed by atoms with Crippen LogP contribution in [0.2, 0.25) is 0 Å². The molecule has 3 rings (SSSR count). The second-order valence-corrected chi connectivity index (χ2v) is 7.43. The molecule has 1 aliphatic rings. The van der Waals surface area contributed by atoms with Gasteiger partial charge < -0.3 is 0 Å². The van der Waals surface area contributed by atoms with Gasteiger partial charge in [0.05, 0.1) is 5.69 Å². The molecule has 0 unspecified atom stereocenters. The van der Waals surface area contributed by atoms with Gasteiger partial charge in [0.1, 0.15) is 10.3 Å². The zero-order valence-electron chi connectivity index (χ0n) is 11.6. The number of rotatable bonds is 3. The molecule has 7 heteroatoms. The summed E-state index contributed by atoms with van der Waals surface area (Å²) in [4.78, 5) is 25.9. The summed E-state index contributed by atoms with van der Waals surface area (Å²) in [6.45, 7) is 3.83. The van der Waals surface area contributed by atoms with E-state index in [4.69, 9.17) is 0 Å². The summed E-state index contributed by atoms with van der Waals surface area (Å²) in [5.74, 6) is -0.343. The van der Waals surface area contributed by atoms with Crippen LogP contribution in [0.15, 0.2) is 28.6 Å². The molecule has 108 valence electrons. The summed E-state index contributed by atoms with van der Waals surface area (Å²) in [7, 11) is 0. The number of carbonyl (C=O) groups excluding carboxylic acids is 2. The largest absolute Gasteiger partial charge is 0.274 e. The van der Waals surface area contributed by atoms with Gasteiger partial charge in [-0.05, 0) is 26.0 Å². The molecule has 0 spiro atoms. The number of nitrogens with zero attached hydrogens (tertiary/aromatic N) is 3. The number of hydrogen-bond acceptors (Lipinski definition) is 6. The third-order valence-corrected chi connectivity index (χ3v) is 5.26. The zero-order valence-corrected chi connectivity index (χ0v) is 13.2. The van der Waals surface area contributed by atoms with Crippen molar-refractivity contribution in [1.82, 2.24) is 10.2 Å². The van der Waals surface area contributed by atoms with Crippen molar-refractivity contribution >= 4 is 40.6 Å². The van der Waals surface area contributed by atoms with Gasteiger partial charge in [0.2, 0.25) is 11.8 Å². The summed E-state index contributed by atoms with van der Waals surface area (Å²) in [6, 6.07) is 7.38. The average molecular weight is 319 g/mol. The Bertz CT molecular complexity index is 696. The van der Waals surface area contributed by atoms with E-state index >= 15 is 0 Å². The number of imide groups is 1. The van der Waals surface area contributed by atoms with Crippen LogP contribution in [-0.4, -0.2) is 27.3 Å². The second-order valence-electron chi connectivity index (χ2n) is 4.80. The van der Waals surface area contributed by atoms with Crippen molar-refractivity contribution in [2.45, 2.75) is 29.9 Å². The van der Waals surface area contributed by atoms with E-state index in [1.165, 1.54) is 28.0 Å². The van der Waals surface area contributed by atoms with Gasteiger partial charge in [-0.1, -0.05) is 40.8 Å². The minimum atomic E-state index is -0.411. The fourth-order valence-electron chi connectivity index (χ4n) is 2.11. The molecule has 2 heterocycles. The predicted molar refractivity (Wildman–Crippen MR) is 82.6 cm³/mol. The van der Waals surface area contributed by atoms with Crippen LogP contribution in [0.25, 0.3) is 0 Å². The van der Waals surface area contributed by atoms with Gasteiger partial charge in [0, 0.05) is 6.42 Å². The molecule has 21 heavy (non-hydrogen) atoms. The standard InChI is InChI=1S/C14H13N3O2S2/c1-8-3-5-10(6-4-8)17-12(18)7-11(13(17)19)21-14-16-15-9(2)20-14/h3-6,11H,7H2,1-2H3/t11-/m1/s1. The molecule has 0 saturated carbocycles. The lowest BCUT2D eigenvalue weighted by Gasteiger charge is -2.14. The first kappa shape index (κ1) is 14.2. The first-order valence-electron chi connectivity index (χ1n) is 6.45. The van der Waals surface area contributed by atoms with E-state index < -0.39 is 5.25 Å². The number of hydrogen-bond donors (Lipinski definition) is 0. The Kier molecular flexibility index (Phi) is 3.77. The van der Waals surface area contributed by atoms with Crippen LogP contribution in [-0.2, 0) is 9.59 Å². The molecule has 1 fully saturated rings. The maximum atomic E-state index is 12.5. The Morgan fingerprint density at radius 2 is 1.90 bits per heavy atom. The first-order chi connectivity index (χ1) is 10.0. The molecular formula is C14H13N3O2S2. The van der Waals surface area contributed by atoms with Gasteiger partial charge in [-0.15, -0.1) is 10.2 Å². The lowest BCUT2D eigenvalue weighted by molar-refractivity contribution is -0.121. The van der Waals surface area contributed by atoms with Gasteiger partial charge in [0.15, 0.2) is 4.34 Å². The average Bonchev–Trinajstić information content (AvgIpc) is 2.96. The lowest BCUT2D eigenvalue weighted by atomic mass is 10.2. The monoisotopic (exact) mass is 319 g/mol. The molecule has 1 aliphatic heterocycles. The number of aryl methyl sites for hydroxylation is 2. The maximum absolute atomic E-state index is 12.5. The fraction of sp³-hybridized carbons (Fsp3) is 0.286. The first-order valence-corrected chi connectivity index (χ1v) is 8.14. The second kappa shape index (κ2) is 5.57. The minimum Gasteiger partial charge on any atom is -0.274 e. The minimum absolute atomic E-state index is 0.164. The molecule has 1 atom stereocenters. The summed E-state index contributed by atoms with van der Waals surface area (Å²) in [5, 5.41) is 8.37. The van der Waals surface area contributed by atoms with Crippen LogP contribution in [0.3, 0.4) is 0 Å². The summed E-state index contributed by atoms with van der Waals surface area (Å²) in [5.41, 5.74) is 1.72. The van der Waals surface area contributed by atoms with Gasteiger partial charge in [-0.25, -0.2) is 4.90 Å². The molecule has 1 aromatic carbocycles. The van der Waals surface area contributed by atoms with Gasteiger partial charge in [-0.3, -0.25) is 9.59 Å². The van der Waals surface area contributed by atoms with E-state index in [0.29, 0.717) is 5.69 Å². The van der Waals surface area contributed by atoms with Crippen LogP contribution in [0, 0.1) is 13.8 Å². The number of anilines is 1. The Morgan fingerprint density at radius 1 is 1.19 bits per heavy atom. The van der Waals surface area contributed by atoms with Crippen molar-refractivity contribution in [3.63, 3.8) is 0 Å². The Balaban J connectivity index is 1.80. The van der Waals surface area contributed by atoms with Crippen molar-refractivity contribution < 1.29 is 9.59 Å². The van der Waals surface area contributed by atoms with Crippen molar-refractivity contribution in [3.05, 3.63) is 34.8 Å². The number of benzene rings is 1. The summed E-state index contributed by atoms with van der Waals surface area (Å²) < 4.78 is 0.726. The van der Waals surface area contributed by atoms with Gasteiger partial charge in [-0.2, -0.15) is 0 Å². The normalized spacial score (nSPS) is 18.6. The number of aromatic nitrogens is 2. The molecule has 0 radical (unpaired) electrons. The Hall–Kier alpha value is -1.73. The highest BCUT2D eigenvalue weighted by molar-refractivity contribution is 8.02. The van der Waals surface area contributed by atoms with Crippen molar-refractivity contribution in [2.75, 3.05) is 4.90 Å². The molecular weight excluding hydrogens is 306 g/mol. The van der Waals surface area contributed by atoms with E-state index in [2.05, 4.69) is 10.2 Å². The molecule has 1 aromatic heterocycles. The Labute approximate surface area is 130 Å². The van der Waals surface area contributed by atoms with Crippen molar-refractivity contribution in [2.24, 2.45) is 0 Å². The van der Waals surface area contributed by atoms with E-state index in [1.807, 2.05) is 26.0 Å². The van der Waals surface area contributed by atoms with Gasteiger partial charge >= 0.3 is 0 Å². The summed E-state index contributed by atoms with van der Waals surface area (Å²) >= 11 is 2.75. The third kappa shape index (κ3) is 2.84. The van der Waals surface area contributed by atoms with E-state index in [-0.39, 0.29) is 18.2 Å². The molecule has 1 saturated heterocycles. The highest BCUT2D eigenvalue weighted by Crippen LogP contribution is 2.35. The number of amides is 2. The van der Waals surface area contributed by atoms with Crippen LogP contribution in [0.5, 0.6) is 0 Å². The quantitative estimate of drug-likeness (QED) is 0.814. The number of carbonyl (C=O) groups is 2. The predicted octanol–water partition coefficient (Wildman–Crippen LogP) is 2.58. The molecule has 0 bridgehead atoms. The fourth-order valence-corrected chi connectivity index (χ4v) is 4.19. The topological polar surface area (TPSA) is 63.2 Å². The van der Waals surface area contributed by atoms with E-state index in [1.54, 1.807) is 12.1 Å². The molecule has 2 amide bonds. The smallest absolute Gasteiger partial charge is 0.247 e. The molecule has 5 nitrogen and oxygen atoms in total. The summed E-state index contributed by atoms with van der Waals surface area (Å²) in [6.07, 6.45) is 0.204. The lowest BCUT2D eigenvalue weighted by Crippen LogP contribution is -2.31. The highest BCUT2D eigenvalue weighted by Gasteiger charge is 2.40. The SMILES string of the molecule is Cc1ccc(N2C(=O)C[C@@H](Sc3nnc(C)s3)C2=O)cc1. The van der Waals surface area contributed by atoms with Crippen LogP contribution < -0.4 is 4.90 Å². The van der Waals surface area contributed by atoms with Crippen LogP contribution in [0.4, 0.5) is 5.69 Å². The Morgan fingerprint density at radius 3 is 2.52 bits per heavy atom. The molecule has 0 aliphatic carbocycles. The third-order valence-electron chi connectivity index (χ3n) is 3.15. The van der Waals surface area contributed by atoms with Gasteiger partial charge in [0.25, 0.3) is 0 Å². The van der Waals surface area contributed by atoms with Crippen molar-refractivity contribution in [1.29, 1.82) is 0 Å². The van der Waals surface area contributed by atoms with Crippen molar-refractivity contribution in [3.8, 4) is 0 Å². The maximum Gasteiger partial charge on any atom is 0.247 e. The number of thioether (sulfide) groups is 1. The zero-order chi connectivity index (χ0) is 15.0.